The predicted octanol–water partition coefficient (Wildman–Crippen LogP) is 1.53. The Morgan fingerprint density at radius 1 is 1.38 bits per heavy atom. The Hall–Kier alpha value is -2.96. The third kappa shape index (κ3) is 2.47. The summed E-state index contributed by atoms with van der Waals surface area (Å²) in [5.41, 5.74) is 3.02. The quantitative estimate of drug-likeness (QED) is 0.905. The van der Waals surface area contributed by atoms with Gasteiger partial charge < -0.3 is 15.0 Å². The number of carbonyl (C=O) groups is 2. The van der Waals surface area contributed by atoms with Gasteiger partial charge in [0.2, 0.25) is 0 Å². The first-order valence-corrected chi connectivity index (χ1v) is 7.83. The van der Waals surface area contributed by atoms with Gasteiger partial charge in [-0.2, -0.15) is 0 Å². The van der Waals surface area contributed by atoms with Crippen molar-refractivity contribution in [2.24, 2.45) is 0 Å². The topological polar surface area (TPSA) is 84.4 Å². The molecule has 0 atom stereocenters. The third-order valence-electron chi connectivity index (χ3n) is 4.17. The zero-order valence-corrected chi connectivity index (χ0v) is 13.2. The molecule has 0 saturated carbocycles. The summed E-state index contributed by atoms with van der Waals surface area (Å²) in [6, 6.07) is 5.06. The van der Waals surface area contributed by atoms with Crippen molar-refractivity contribution in [3.05, 3.63) is 47.0 Å². The number of fused-ring (bicyclic) bond motifs is 2. The summed E-state index contributed by atoms with van der Waals surface area (Å²) in [5.74, 6) is 1.03. The second-order valence-corrected chi connectivity index (χ2v) is 5.82. The van der Waals surface area contributed by atoms with E-state index in [2.05, 4.69) is 15.3 Å². The number of ether oxygens (including phenoxy) is 1. The molecule has 1 N–H and O–H groups in total. The molecule has 3 heterocycles. The zero-order chi connectivity index (χ0) is 16.7. The summed E-state index contributed by atoms with van der Waals surface area (Å²) >= 11 is 0. The molecule has 1 aromatic carbocycles. The minimum atomic E-state index is -0.193. The van der Waals surface area contributed by atoms with Crippen LogP contribution in [0.5, 0.6) is 5.75 Å². The Labute approximate surface area is 138 Å². The van der Waals surface area contributed by atoms with E-state index in [1.54, 1.807) is 29.3 Å². The Morgan fingerprint density at radius 2 is 2.25 bits per heavy atom. The fourth-order valence-corrected chi connectivity index (χ4v) is 2.90. The van der Waals surface area contributed by atoms with Crippen LogP contribution >= 0.6 is 0 Å². The Balaban J connectivity index is 1.56. The van der Waals surface area contributed by atoms with Gasteiger partial charge in [-0.05, 0) is 18.2 Å². The van der Waals surface area contributed by atoms with E-state index in [1.807, 2.05) is 6.92 Å². The summed E-state index contributed by atoms with van der Waals surface area (Å²) in [6.45, 7) is 2.96. The second kappa shape index (κ2) is 5.59. The Kier molecular flexibility index (Phi) is 3.41. The number of carbonyl (C=O) groups excluding carboxylic acids is 2. The van der Waals surface area contributed by atoms with Crippen LogP contribution in [0.15, 0.2) is 24.4 Å². The average molecular weight is 324 g/mol. The molecule has 4 rings (SSSR count). The number of anilines is 1. The first-order valence-electron chi connectivity index (χ1n) is 7.83. The first kappa shape index (κ1) is 14.6. The molecule has 0 bridgehead atoms. The molecular formula is C17H16N4O3. The van der Waals surface area contributed by atoms with Crippen LogP contribution in [0, 0.1) is 0 Å². The highest BCUT2D eigenvalue weighted by Gasteiger charge is 2.27. The number of nitrogens with one attached hydrogen (secondary N) is 1. The van der Waals surface area contributed by atoms with Crippen molar-refractivity contribution >= 4 is 17.5 Å². The van der Waals surface area contributed by atoms with Gasteiger partial charge in [0.05, 0.1) is 17.9 Å². The van der Waals surface area contributed by atoms with E-state index in [1.165, 1.54) is 0 Å². The molecule has 24 heavy (non-hydrogen) atoms. The van der Waals surface area contributed by atoms with E-state index < -0.39 is 0 Å². The van der Waals surface area contributed by atoms with Gasteiger partial charge in [0.25, 0.3) is 11.8 Å². The molecule has 7 nitrogen and oxygen atoms in total. The molecule has 0 fully saturated rings. The fraction of sp³-hybridized carbons (Fsp3) is 0.294. The molecule has 7 heteroatoms. The van der Waals surface area contributed by atoms with E-state index in [-0.39, 0.29) is 18.4 Å². The molecule has 0 unspecified atom stereocenters. The number of aromatic nitrogens is 2. The standard InChI is InChI=1S/C17H16N4O3/c1-2-15-18-6-11-7-21(8-13(11)19-15)17(23)10-3-4-12-14(5-10)24-9-16(22)20-12/h3-6H,2,7-9H2,1H3,(H,20,22). The lowest BCUT2D eigenvalue weighted by atomic mass is 10.1. The van der Waals surface area contributed by atoms with Gasteiger partial charge in [-0.25, -0.2) is 9.97 Å². The van der Waals surface area contributed by atoms with Crippen LogP contribution in [0.1, 0.15) is 34.4 Å². The number of benzene rings is 1. The van der Waals surface area contributed by atoms with Crippen LogP contribution in [-0.4, -0.2) is 33.3 Å². The Morgan fingerprint density at radius 3 is 3.08 bits per heavy atom. The average Bonchev–Trinajstić information content (AvgIpc) is 3.03. The number of hydrogen-bond acceptors (Lipinski definition) is 5. The first-order chi connectivity index (χ1) is 11.6. The largest absolute Gasteiger partial charge is 0.482 e. The van der Waals surface area contributed by atoms with Crippen LogP contribution in [0.2, 0.25) is 0 Å². The van der Waals surface area contributed by atoms with Gasteiger partial charge in [-0.1, -0.05) is 6.92 Å². The van der Waals surface area contributed by atoms with Crippen molar-refractivity contribution in [2.75, 3.05) is 11.9 Å². The number of amides is 2. The van der Waals surface area contributed by atoms with Crippen LogP contribution in [0.3, 0.4) is 0 Å². The molecule has 2 amide bonds. The van der Waals surface area contributed by atoms with E-state index >= 15 is 0 Å². The number of hydrogen-bond donors (Lipinski definition) is 1. The van der Waals surface area contributed by atoms with Crippen LogP contribution in [0.25, 0.3) is 0 Å². The molecule has 0 aliphatic carbocycles. The lowest BCUT2D eigenvalue weighted by Crippen LogP contribution is -2.27. The molecular weight excluding hydrogens is 308 g/mol. The minimum Gasteiger partial charge on any atom is -0.482 e. The summed E-state index contributed by atoms with van der Waals surface area (Å²) in [7, 11) is 0. The fourth-order valence-electron chi connectivity index (χ4n) is 2.90. The Bertz CT molecular complexity index is 850. The zero-order valence-electron chi connectivity index (χ0n) is 13.2. The van der Waals surface area contributed by atoms with Gasteiger partial charge in [0.1, 0.15) is 11.6 Å². The van der Waals surface area contributed by atoms with E-state index in [0.29, 0.717) is 30.1 Å². The van der Waals surface area contributed by atoms with E-state index in [0.717, 1.165) is 23.5 Å². The lowest BCUT2D eigenvalue weighted by molar-refractivity contribution is -0.118. The molecule has 0 spiro atoms. The summed E-state index contributed by atoms with van der Waals surface area (Å²) in [6.07, 6.45) is 2.58. The second-order valence-electron chi connectivity index (χ2n) is 5.82. The maximum Gasteiger partial charge on any atom is 0.262 e. The highest BCUT2D eigenvalue weighted by atomic mass is 16.5. The lowest BCUT2D eigenvalue weighted by Gasteiger charge is -2.20. The monoisotopic (exact) mass is 324 g/mol. The number of rotatable bonds is 2. The van der Waals surface area contributed by atoms with Crippen molar-refractivity contribution < 1.29 is 14.3 Å². The van der Waals surface area contributed by atoms with Gasteiger partial charge >= 0.3 is 0 Å². The van der Waals surface area contributed by atoms with Crippen molar-refractivity contribution in [2.45, 2.75) is 26.4 Å². The molecule has 0 radical (unpaired) electrons. The van der Waals surface area contributed by atoms with Crippen LogP contribution in [-0.2, 0) is 24.3 Å². The highest BCUT2D eigenvalue weighted by Crippen LogP contribution is 2.30. The van der Waals surface area contributed by atoms with Crippen molar-refractivity contribution in [1.82, 2.24) is 14.9 Å². The number of nitrogens with zero attached hydrogens (tertiary/aromatic N) is 3. The molecule has 2 aliphatic rings. The SMILES string of the molecule is CCc1ncc2c(n1)CN(C(=O)c1ccc3c(c1)OCC(=O)N3)C2. The molecule has 122 valence electrons. The van der Waals surface area contributed by atoms with Crippen LogP contribution < -0.4 is 10.1 Å². The molecule has 1 aromatic heterocycles. The minimum absolute atomic E-state index is 0.0326. The molecule has 2 aliphatic heterocycles. The third-order valence-corrected chi connectivity index (χ3v) is 4.17. The number of aryl methyl sites for hydroxylation is 1. The van der Waals surface area contributed by atoms with Gasteiger partial charge in [-0.3, -0.25) is 9.59 Å². The maximum absolute atomic E-state index is 12.8. The summed E-state index contributed by atoms with van der Waals surface area (Å²) in [4.78, 5) is 34.6. The van der Waals surface area contributed by atoms with Crippen molar-refractivity contribution in [3.8, 4) is 5.75 Å². The highest BCUT2D eigenvalue weighted by molar-refractivity contribution is 5.99. The summed E-state index contributed by atoms with van der Waals surface area (Å²) < 4.78 is 5.38. The van der Waals surface area contributed by atoms with Gasteiger partial charge in [0, 0.05) is 30.3 Å². The van der Waals surface area contributed by atoms with Gasteiger partial charge in [-0.15, -0.1) is 0 Å². The molecule has 2 aromatic rings. The van der Waals surface area contributed by atoms with Crippen molar-refractivity contribution in [1.29, 1.82) is 0 Å². The van der Waals surface area contributed by atoms with Gasteiger partial charge in [0.15, 0.2) is 6.61 Å². The van der Waals surface area contributed by atoms with Crippen LogP contribution in [0.4, 0.5) is 5.69 Å². The normalized spacial score (nSPS) is 15.4. The molecule has 0 saturated heterocycles. The predicted molar refractivity (Wildman–Crippen MR) is 85.6 cm³/mol. The summed E-state index contributed by atoms with van der Waals surface area (Å²) in [5, 5.41) is 2.72. The van der Waals surface area contributed by atoms with E-state index in [4.69, 9.17) is 4.74 Å². The maximum atomic E-state index is 12.8. The smallest absolute Gasteiger partial charge is 0.262 e. The van der Waals surface area contributed by atoms with E-state index in [9.17, 15) is 9.59 Å². The van der Waals surface area contributed by atoms with Crippen molar-refractivity contribution in [3.63, 3.8) is 0 Å².